The van der Waals surface area contributed by atoms with Gasteiger partial charge in [-0.25, -0.2) is 4.39 Å². The highest BCUT2D eigenvalue weighted by atomic mass is 19.1. The summed E-state index contributed by atoms with van der Waals surface area (Å²) in [6.45, 7) is 4.19. The summed E-state index contributed by atoms with van der Waals surface area (Å²) < 4.78 is 18.8. The number of ether oxygens (including phenoxy) is 1. The van der Waals surface area contributed by atoms with E-state index in [2.05, 4.69) is 11.8 Å². The van der Waals surface area contributed by atoms with Crippen LogP contribution in [0.2, 0.25) is 0 Å². The van der Waals surface area contributed by atoms with Crippen LogP contribution in [0.1, 0.15) is 11.1 Å². The first-order chi connectivity index (χ1) is 9.63. The van der Waals surface area contributed by atoms with Crippen LogP contribution in [0.5, 0.6) is 5.75 Å². The van der Waals surface area contributed by atoms with Gasteiger partial charge in [0.25, 0.3) is 0 Å². The van der Waals surface area contributed by atoms with Crippen molar-refractivity contribution < 1.29 is 9.13 Å². The molecule has 0 aromatic heterocycles. The molecule has 0 aliphatic rings. The number of aryl methyl sites for hydroxylation is 1. The molecule has 0 aliphatic carbocycles. The zero-order chi connectivity index (χ0) is 14.4. The molecule has 2 rings (SSSR count). The zero-order valence-electron chi connectivity index (χ0n) is 12.0. The number of hydrogen-bond donors (Lipinski definition) is 0. The van der Waals surface area contributed by atoms with Crippen LogP contribution in [-0.4, -0.2) is 25.1 Å². The predicted octanol–water partition coefficient (Wildman–Crippen LogP) is 3.64. The Hall–Kier alpha value is -1.87. The lowest BCUT2D eigenvalue weighted by Crippen LogP contribution is -2.23. The van der Waals surface area contributed by atoms with Gasteiger partial charge in [0.1, 0.15) is 18.2 Å². The Morgan fingerprint density at radius 2 is 1.85 bits per heavy atom. The lowest BCUT2D eigenvalue weighted by atomic mass is 10.2. The molecule has 0 atom stereocenters. The molecule has 0 amide bonds. The predicted molar refractivity (Wildman–Crippen MR) is 79.4 cm³/mol. The molecule has 0 unspecified atom stereocenters. The minimum Gasteiger partial charge on any atom is -0.492 e. The fourth-order valence-corrected chi connectivity index (χ4v) is 1.98. The quantitative estimate of drug-likeness (QED) is 0.796. The minimum atomic E-state index is -0.188. The van der Waals surface area contributed by atoms with E-state index in [-0.39, 0.29) is 5.82 Å². The molecule has 0 heterocycles. The van der Waals surface area contributed by atoms with Crippen LogP contribution in [-0.2, 0) is 6.54 Å². The number of nitrogens with zero attached hydrogens (tertiary/aromatic N) is 1. The summed E-state index contributed by atoms with van der Waals surface area (Å²) in [6, 6.07) is 14.7. The van der Waals surface area contributed by atoms with Crippen LogP contribution < -0.4 is 4.74 Å². The van der Waals surface area contributed by atoms with E-state index in [1.807, 2.05) is 37.4 Å². The van der Waals surface area contributed by atoms with Gasteiger partial charge in [-0.1, -0.05) is 29.8 Å². The highest BCUT2D eigenvalue weighted by Crippen LogP contribution is 2.11. The van der Waals surface area contributed by atoms with Crippen molar-refractivity contribution in [1.29, 1.82) is 0 Å². The summed E-state index contributed by atoms with van der Waals surface area (Å²) >= 11 is 0. The monoisotopic (exact) mass is 273 g/mol. The van der Waals surface area contributed by atoms with Crippen LogP contribution in [0.4, 0.5) is 4.39 Å². The third-order valence-electron chi connectivity index (χ3n) is 3.10. The molecular weight excluding hydrogens is 253 g/mol. The first kappa shape index (κ1) is 14.5. The molecule has 0 bridgehead atoms. The van der Waals surface area contributed by atoms with E-state index in [1.54, 1.807) is 12.1 Å². The Morgan fingerprint density at radius 3 is 2.55 bits per heavy atom. The number of rotatable bonds is 6. The molecule has 2 aromatic rings. The Morgan fingerprint density at radius 1 is 1.10 bits per heavy atom. The van der Waals surface area contributed by atoms with Gasteiger partial charge in [-0.3, -0.25) is 4.90 Å². The summed E-state index contributed by atoms with van der Waals surface area (Å²) in [6.07, 6.45) is 0. The molecule has 0 saturated heterocycles. The van der Waals surface area contributed by atoms with Gasteiger partial charge in [0.05, 0.1) is 0 Å². The Labute approximate surface area is 119 Å². The van der Waals surface area contributed by atoms with E-state index in [0.717, 1.165) is 24.4 Å². The van der Waals surface area contributed by atoms with Gasteiger partial charge in [0.15, 0.2) is 0 Å². The first-order valence-corrected chi connectivity index (χ1v) is 6.76. The normalized spacial score (nSPS) is 10.8. The molecule has 106 valence electrons. The largest absolute Gasteiger partial charge is 0.492 e. The number of halogens is 1. The maximum absolute atomic E-state index is 13.1. The summed E-state index contributed by atoms with van der Waals surface area (Å²) in [5.74, 6) is 0.696. The van der Waals surface area contributed by atoms with Crippen molar-refractivity contribution in [3.8, 4) is 5.75 Å². The maximum atomic E-state index is 13.1. The summed E-state index contributed by atoms with van der Waals surface area (Å²) in [5.41, 5.74) is 2.20. The van der Waals surface area contributed by atoms with E-state index >= 15 is 0 Å². The zero-order valence-corrected chi connectivity index (χ0v) is 12.0. The Kier molecular flexibility index (Phi) is 5.13. The van der Waals surface area contributed by atoms with Crippen molar-refractivity contribution in [3.63, 3.8) is 0 Å². The van der Waals surface area contributed by atoms with Gasteiger partial charge in [-0.2, -0.15) is 0 Å². The molecule has 2 nitrogen and oxygen atoms in total. The molecule has 0 aliphatic heterocycles. The average molecular weight is 273 g/mol. The SMILES string of the molecule is Cc1ccc(OCCN(C)Cc2cccc(F)c2)cc1. The van der Waals surface area contributed by atoms with Crippen molar-refractivity contribution in [1.82, 2.24) is 4.90 Å². The molecule has 0 radical (unpaired) electrons. The second kappa shape index (κ2) is 7.06. The molecule has 0 N–H and O–H groups in total. The van der Waals surface area contributed by atoms with Crippen molar-refractivity contribution in [2.24, 2.45) is 0 Å². The third-order valence-corrected chi connectivity index (χ3v) is 3.10. The summed E-state index contributed by atoms with van der Waals surface area (Å²) in [7, 11) is 2.00. The third kappa shape index (κ3) is 4.67. The number of benzene rings is 2. The molecular formula is C17H20FNO. The fraction of sp³-hybridized carbons (Fsp3) is 0.294. The van der Waals surface area contributed by atoms with Crippen molar-refractivity contribution >= 4 is 0 Å². The number of hydrogen-bond acceptors (Lipinski definition) is 2. The van der Waals surface area contributed by atoms with Gasteiger partial charge in [0, 0.05) is 13.1 Å². The van der Waals surface area contributed by atoms with Crippen LogP contribution in [0.15, 0.2) is 48.5 Å². The van der Waals surface area contributed by atoms with E-state index < -0.39 is 0 Å². The van der Waals surface area contributed by atoms with E-state index in [1.165, 1.54) is 11.6 Å². The first-order valence-electron chi connectivity index (χ1n) is 6.76. The molecule has 20 heavy (non-hydrogen) atoms. The van der Waals surface area contributed by atoms with Crippen molar-refractivity contribution in [3.05, 3.63) is 65.5 Å². The average Bonchev–Trinajstić information content (AvgIpc) is 2.41. The Balaban J connectivity index is 1.75. The van der Waals surface area contributed by atoms with E-state index in [9.17, 15) is 4.39 Å². The summed E-state index contributed by atoms with van der Waals surface area (Å²) in [4.78, 5) is 2.11. The van der Waals surface area contributed by atoms with E-state index in [0.29, 0.717) is 6.61 Å². The topological polar surface area (TPSA) is 12.5 Å². The van der Waals surface area contributed by atoms with Gasteiger partial charge in [-0.05, 0) is 43.8 Å². The van der Waals surface area contributed by atoms with Crippen LogP contribution in [0.25, 0.3) is 0 Å². The van der Waals surface area contributed by atoms with Gasteiger partial charge in [0.2, 0.25) is 0 Å². The fourth-order valence-electron chi connectivity index (χ4n) is 1.98. The maximum Gasteiger partial charge on any atom is 0.123 e. The van der Waals surface area contributed by atoms with Crippen LogP contribution in [0, 0.1) is 12.7 Å². The highest BCUT2D eigenvalue weighted by molar-refractivity contribution is 5.26. The van der Waals surface area contributed by atoms with Gasteiger partial charge >= 0.3 is 0 Å². The van der Waals surface area contributed by atoms with Crippen molar-refractivity contribution in [2.45, 2.75) is 13.5 Å². The Bertz CT molecular complexity index is 539. The molecule has 3 heteroatoms. The lowest BCUT2D eigenvalue weighted by Gasteiger charge is -2.17. The minimum absolute atomic E-state index is 0.188. The lowest BCUT2D eigenvalue weighted by molar-refractivity contribution is 0.232. The molecule has 2 aromatic carbocycles. The van der Waals surface area contributed by atoms with E-state index in [4.69, 9.17) is 4.74 Å². The van der Waals surface area contributed by atoms with Crippen molar-refractivity contribution in [2.75, 3.05) is 20.2 Å². The number of likely N-dealkylation sites (N-methyl/N-ethyl adjacent to an activating group) is 1. The molecule has 0 saturated carbocycles. The molecule has 0 spiro atoms. The van der Waals surface area contributed by atoms with Gasteiger partial charge in [-0.15, -0.1) is 0 Å². The van der Waals surface area contributed by atoms with Gasteiger partial charge < -0.3 is 4.74 Å². The van der Waals surface area contributed by atoms with Crippen LogP contribution in [0.3, 0.4) is 0 Å². The summed E-state index contributed by atoms with van der Waals surface area (Å²) in [5, 5.41) is 0. The highest BCUT2D eigenvalue weighted by Gasteiger charge is 2.02. The standard InChI is InChI=1S/C17H20FNO/c1-14-6-8-17(9-7-14)20-11-10-19(2)13-15-4-3-5-16(18)12-15/h3-9,12H,10-11,13H2,1-2H3. The van der Waals surface area contributed by atoms with Crippen LogP contribution >= 0.6 is 0 Å². The second-order valence-electron chi connectivity index (χ2n) is 5.03. The molecule has 0 fully saturated rings. The smallest absolute Gasteiger partial charge is 0.123 e. The second-order valence-corrected chi connectivity index (χ2v) is 5.03.